The molecule has 0 bridgehead atoms. The summed E-state index contributed by atoms with van der Waals surface area (Å²) in [5.41, 5.74) is 5.03. The zero-order chi connectivity index (χ0) is 21.7. The van der Waals surface area contributed by atoms with Crippen molar-refractivity contribution in [2.75, 3.05) is 36.0 Å². The second kappa shape index (κ2) is 7.56. The number of rotatable bonds is 6. The van der Waals surface area contributed by atoms with E-state index in [0.717, 1.165) is 17.0 Å². The summed E-state index contributed by atoms with van der Waals surface area (Å²) >= 11 is 4.45. The van der Waals surface area contributed by atoms with Gasteiger partial charge in [0.15, 0.2) is 11.6 Å². The lowest BCUT2D eigenvalue weighted by Crippen LogP contribution is -2.36. The van der Waals surface area contributed by atoms with Crippen LogP contribution in [0.1, 0.15) is 0 Å². The third kappa shape index (κ3) is 3.64. The molecule has 1 aliphatic carbocycles. The Kier molecular flexibility index (Phi) is 5.20. The van der Waals surface area contributed by atoms with Crippen LogP contribution in [-0.2, 0) is 9.53 Å². The molecular weight excluding hydrogens is 428 g/mol. The van der Waals surface area contributed by atoms with Crippen LogP contribution in [0.15, 0.2) is 12.1 Å². The number of thiocarbonyl (C=S) groups is 1. The van der Waals surface area contributed by atoms with Gasteiger partial charge in [-0.3, -0.25) is 9.69 Å². The number of carbonyl (C=O) groups excluding carboxylic acids is 2. The number of carbonyl (C=O) groups is 2. The van der Waals surface area contributed by atoms with Crippen molar-refractivity contribution < 1.29 is 31.9 Å². The number of cyclic esters (lactones) is 1. The highest BCUT2D eigenvalue weighted by molar-refractivity contribution is 7.80. The van der Waals surface area contributed by atoms with E-state index in [1.807, 2.05) is 0 Å². The first kappa shape index (κ1) is 20.6. The Balaban J connectivity index is 1.43. The van der Waals surface area contributed by atoms with Crippen LogP contribution in [0, 0.1) is 29.4 Å². The van der Waals surface area contributed by atoms with Gasteiger partial charge in [0.2, 0.25) is 5.91 Å². The molecule has 1 aromatic rings. The maximum absolute atomic E-state index is 14.7. The number of piperidine rings is 1. The van der Waals surface area contributed by atoms with E-state index >= 15 is 0 Å². The van der Waals surface area contributed by atoms with Gasteiger partial charge in [0.1, 0.15) is 16.8 Å². The predicted octanol–water partition coefficient (Wildman–Crippen LogP) is 1.64. The minimum absolute atomic E-state index is 0.00196. The maximum atomic E-state index is 14.7. The summed E-state index contributed by atoms with van der Waals surface area (Å²) in [6.45, 7) is 0.431. The van der Waals surface area contributed by atoms with Crippen molar-refractivity contribution in [1.29, 1.82) is 0 Å². The van der Waals surface area contributed by atoms with Gasteiger partial charge in [-0.15, -0.1) is 0 Å². The molecule has 30 heavy (non-hydrogen) atoms. The third-order valence-electron chi connectivity index (χ3n) is 5.73. The molecule has 3 fully saturated rings. The average Bonchev–Trinajstić information content (AvgIpc) is 2.98. The molecule has 4 atom stereocenters. The number of fused-ring (bicyclic) bond motifs is 1. The number of nitrogens with one attached hydrogen (secondary N) is 1. The lowest BCUT2D eigenvalue weighted by atomic mass is 10.2. The van der Waals surface area contributed by atoms with E-state index < -0.39 is 41.2 Å². The average molecular weight is 446 g/mol. The number of amides is 2. The van der Waals surface area contributed by atoms with Gasteiger partial charge in [-0.2, -0.15) is 0 Å². The molecule has 4 rings (SSSR count). The van der Waals surface area contributed by atoms with Gasteiger partial charge in [0.05, 0.1) is 18.8 Å². The quantitative estimate of drug-likeness (QED) is 0.510. The van der Waals surface area contributed by atoms with Crippen molar-refractivity contribution in [3.05, 3.63) is 23.8 Å². The molecule has 2 heterocycles. The van der Waals surface area contributed by atoms with E-state index in [4.69, 9.17) is 10.5 Å². The molecule has 0 spiro atoms. The number of halogens is 4. The van der Waals surface area contributed by atoms with Gasteiger partial charge < -0.3 is 20.7 Å². The zero-order valence-electron chi connectivity index (χ0n) is 15.5. The minimum Gasteiger partial charge on any atom is -0.442 e. The number of alkyl halides is 2. The van der Waals surface area contributed by atoms with E-state index in [9.17, 15) is 27.2 Å². The summed E-state index contributed by atoms with van der Waals surface area (Å²) in [6, 6.07) is 2.05. The second-order valence-electron chi connectivity index (χ2n) is 7.58. The Bertz CT molecular complexity index is 882. The number of benzene rings is 1. The highest BCUT2D eigenvalue weighted by atomic mass is 32.1. The van der Waals surface area contributed by atoms with Gasteiger partial charge >= 0.3 is 6.09 Å². The zero-order valence-corrected chi connectivity index (χ0v) is 16.3. The van der Waals surface area contributed by atoms with Crippen molar-refractivity contribution in [2.45, 2.75) is 12.5 Å². The van der Waals surface area contributed by atoms with Crippen molar-refractivity contribution in [2.24, 2.45) is 23.5 Å². The topological polar surface area (TPSA) is 87.9 Å². The van der Waals surface area contributed by atoms with Crippen LogP contribution in [0.4, 0.5) is 33.7 Å². The van der Waals surface area contributed by atoms with Gasteiger partial charge in [0.25, 0.3) is 6.43 Å². The fourth-order valence-electron chi connectivity index (χ4n) is 4.27. The number of nitrogens with two attached hydrogens (primary N) is 1. The van der Waals surface area contributed by atoms with E-state index in [0.29, 0.717) is 13.1 Å². The summed E-state index contributed by atoms with van der Waals surface area (Å²) in [5.74, 6) is -2.34. The molecule has 0 radical (unpaired) electrons. The van der Waals surface area contributed by atoms with Crippen molar-refractivity contribution in [1.82, 2.24) is 5.32 Å². The predicted molar refractivity (Wildman–Crippen MR) is 102 cm³/mol. The van der Waals surface area contributed by atoms with Crippen LogP contribution < -0.4 is 20.9 Å². The molecule has 2 aliphatic heterocycles. The largest absolute Gasteiger partial charge is 0.442 e. The number of hydrogen-bond acceptors (Lipinski definition) is 5. The molecular formula is C18H18F4N4O3S. The van der Waals surface area contributed by atoms with Crippen LogP contribution in [0.3, 0.4) is 0 Å². The molecule has 3 N–H and O–H groups in total. The Morgan fingerprint density at radius 2 is 1.83 bits per heavy atom. The molecule has 162 valence electrons. The molecule has 3 aliphatic rings. The maximum Gasteiger partial charge on any atom is 0.414 e. The number of anilines is 2. The summed E-state index contributed by atoms with van der Waals surface area (Å²) < 4.78 is 59.3. The second-order valence-corrected chi connectivity index (χ2v) is 8.02. The Morgan fingerprint density at radius 1 is 1.23 bits per heavy atom. The highest BCUT2D eigenvalue weighted by Crippen LogP contribution is 2.53. The normalized spacial score (nSPS) is 27.3. The van der Waals surface area contributed by atoms with E-state index in [1.165, 1.54) is 4.90 Å². The van der Waals surface area contributed by atoms with Gasteiger partial charge in [-0.25, -0.2) is 22.4 Å². The van der Waals surface area contributed by atoms with Crippen LogP contribution >= 0.6 is 12.2 Å². The summed E-state index contributed by atoms with van der Waals surface area (Å²) in [5, 5.41) is 2.30. The molecule has 0 aromatic heterocycles. The van der Waals surface area contributed by atoms with E-state index in [-0.39, 0.29) is 42.2 Å². The molecule has 7 nitrogen and oxygen atoms in total. The van der Waals surface area contributed by atoms with Gasteiger partial charge in [0, 0.05) is 31.1 Å². The highest BCUT2D eigenvalue weighted by Gasteiger charge is 2.59. The lowest BCUT2D eigenvalue weighted by Gasteiger charge is -2.24. The first-order valence-electron chi connectivity index (χ1n) is 9.24. The Labute approximate surface area is 174 Å². The molecule has 12 heteroatoms. The lowest BCUT2D eigenvalue weighted by molar-refractivity contribution is -0.119. The van der Waals surface area contributed by atoms with Crippen molar-refractivity contribution in [3.63, 3.8) is 0 Å². The summed E-state index contributed by atoms with van der Waals surface area (Å²) in [6.07, 6.45) is -4.49. The van der Waals surface area contributed by atoms with Crippen LogP contribution in [0.25, 0.3) is 0 Å². The molecule has 2 saturated heterocycles. The van der Waals surface area contributed by atoms with Crippen LogP contribution in [0.2, 0.25) is 0 Å². The first-order valence-corrected chi connectivity index (χ1v) is 9.65. The molecule has 1 unspecified atom stereocenters. The SMILES string of the molecule is NC(=O)C1[C@H]2CN(c3c(F)cc(N4C[C@H](CNC(=S)C(F)F)OC4=O)cc3F)C[C@@H]12. The van der Waals surface area contributed by atoms with Crippen molar-refractivity contribution >= 4 is 40.6 Å². The fourth-order valence-corrected chi connectivity index (χ4v) is 4.35. The molecule has 1 saturated carbocycles. The minimum atomic E-state index is -2.83. The number of nitrogens with zero attached hydrogens (tertiary/aromatic N) is 2. The molecule has 1 aromatic carbocycles. The van der Waals surface area contributed by atoms with Gasteiger partial charge in [-0.1, -0.05) is 12.2 Å². The summed E-state index contributed by atoms with van der Waals surface area (Å²) in [7, 11) is 0. The summed E-state index contributed by atoms with van der Waals surface area (Å²) in [4.78, 5) is 25.2. The monoisotopic (exact) mass is 446 g/mol. The Hall–Kier alpha value is -2.63. The number of hydrogen-bond donors (Lipinski definition) is 2. The molecule has 2 amide bonds. The van der Waals surface area contributed by atoms with Crippen molar-refractivity contribution in [3.8, 4) is 0 Å². The van der Waals surface area contributed by atoms with Gasteiger partial charge in [-0.05, 0) is 11.8 Å². The standard InChI is InChI=1S/C18H18F4N4O3S/c19-11-1-7(26-4-8(29-18(26)28)3-24-17(30)15(21)22)2-12(20)14(11)25-5-9-10(6-25)13(9)16(23)27/h1-2,8-10,13,15H,3-6H2,(H2,23,27)(H,24,30)/t8-,9-,10+,13?/m0/s1. The van der Waals surface area contributed by atoms with Crippen LogP contribution in [0.5, 0.6) is 0 Å². The smallest absolute Gasteiger partial charge is 0.414 e. The van der Waals surface area contributed by atoms with E-state index in [1.54, 1.807) is 0 Å². The fraction of sp³-hybridized carbons (Fsp3) is 0.500. The third-order valence-corrected chi connectivity index (χ3v) is 6.05. The first-order chi connectivity index (χ1) is 14.2. The Morgan fingerprint density at radius 3 is 2.37 bits per heavy atom. The number of primary amides is 1. The van der Waals surface area contributed by atoms with Crippen LogP contribution in [-0.4, -0.2) is 55.7 Å². The van der Waals surface area contributed by atoms with E-state index in [2.05, 4.69) is 17.5 Å². The number of ether oxygens (including phenoxy) is 1.